The van der Waals surface area contributed by atoms with Gasteiger partial charge in [0.05, 0.1) is 6.10 Å². The highest BCUT2D eigenvalue weighted by Crippen LogP contribution is 2.21. The molecule has 1 aromatic rings. The van der Waals surface area contributed by atoms with Gasteiger partial charge in [-0.15, -0.1) is 0 Å². The number of nitrogen functional groups attached to an aromatic ring is 1. The van der Waals surface area contributed by atoms with Crippen molar-refractivity contribution in [2.75, 3.05) is 23.7 Å². The van der Waals surface area contributed by atoms with Crippen LogP contribution in [0.4, 0.5) is 11.5 Å². The lowest BCUT2D eigenvalue weighted by Gasteiger charge is -2.32. The molecule has 0 aliphatic carbocycles. The standard InChI is InChI=1S/C14H24N4O3/c1-3-4-8-18-12(15)11(13(20)16(2)14(18)21)17-7-5-6-10(19)9-17/h10,19H,3-9,15H2,1-2H3. The molecule has 0 aromatic carbocycles. The number of nitrogens with two attached hydrogens (primary N) is 1. The zero-order chi connectivity index (χ0) is 15.6. The Morgan fingerprint density at radius 1 is 1.38 bits per heavy atom. The third kappa shape index (κ3) is 2.97. The lowest BCUT2D eigenvalue weighted by Crippen LogP contribution is -2.47. The highest BCUT2D eigenvalue weighted by atomic mass is 16.3. The summed E-state index contributed by atoms with van der Waals surface area (Å²) < 4.78 is 2.56. The van der Waals surface area contributed by atoms with Crippen LogP contribution in [0, 0.1) is 0 Å². The van der Waals surface area contributed by atoms with Gasteiger partial charge in [-0.05, 0) is 19.3 Å². The topological polar surface area (TPSA) is 93.5 Å². The van der Waals surface area contributed by atoms with Crippen LogP contribution in [0.25, 0.3) is 0 Å². The largest absolute Gasteiger partial charge is 0.391 e. The summed E-state index contributed by atoms with van der Waals surface area (Å²) >= 11 is 0. The number of hydrogen-bond acceptors (Lipinski definition) is 5. The second-order valence-electron chi connectivity index (χ2n) is 5.63. The van der Waals surface area contributed by atoms with Crippen LogP contribution in [0.3, 0.4) is 0 Å². The lowest BCUT2D eigenvalue weighted by molar-refractivity contribution is 0.154. The molecule has 0 saturated carbocycles. The van der Waals surface area contributed by atoms with E-state index < -0.39 is 6.10 Å². The van der Waals surface area contributed by atoms with E-state index in [0.717, 1.165) is 30.3 Å². The van der Waals surface area contributed by atoms with Gasteiger partial charge < -0.3 is 15.7 Å². The van der Waals surface area contributed by atoms with Gasteiger partial charge in [-0.1, -0.05) is 13.3 Å². The van der Waals surface area contributed by atoms with Crippen molar-refractivity contribution in [1.82, 2.24) is 9.13 Å². The molecule has 7 heteroatoms. The number of rotatable bonds is 4. The van der Waals surface area contributed by atoms with Gasteiger partial charge in [-0.2, -0.15) is 0 Å². The fraction of sp³-hybridized carbons (Fsp3) is 0.714. The molecule has 1 fully saturated rings. The molecule has 1 aliphatic heterocycles. The summed E-state index contributed by atoms with van der Waals surface area (Å²) in [7, 11) is 1.47. The molecular formula is C14H24N4O3. The van der Waals surface area contributed by atoms with Crippen molar-refractivity contribution in [1.29, 1.82) is 0 Å². The molecule has 7 nitrogen and oxygen atoms in total. The summed E-state index contributed by atoms with van der Waals surface area (Å²) in [6.07, 6.45) is 2.83. The molecule has 0 spiro atoms. The maximum Gasteiger partial charge on any atom is 0.332 e. The summed E-state index contributed by atoms with van der Waals surface area (Å²) in [5.41, 5.74) is 5.67. The van der Waals surface area contributed by atoms with Crippen molar-refractivity contribution in [2.24, 2.45) is 7.05 Å². The Hall–Kier alpha value is -1.76. The van der Waals surface area contributed by atoms with Gasteiger partial charge in [0, 0.05) is 26.7 Å². The Morgan fingerprint density at radius 3 is 2.71 bits per heavy atom. The number of β-amino-alcohol motifs (C(OH)–C–C–N with tert-alkyl or cyclic N) is 1. The van der Waals surface area contributed by atoms with Crippen molar-refractivity contribution in [3.8, 4) is 0 Å². The van der Waals surface area contributed by atoms with Crippen LogP contribution in [0.2, 0.25) is 0 Å². The van der Waals surface area contributed by atoms with Gasteiger partial charge in [0.2, 0.25) is 0 Å². The highest BCUT2D eigenvalue weighted by molar-refractivity contribution is 5.62. The van der Waals surface area contributed by atoms with Crippen LogP contribution in [0.5, 0.6) is 0 Å². The third-order valence-electron chi connectivity index (χ3n) is 4.01. The van der Waals surface area contributed by atoms with E-state index in [-0.39, 0.29) is 17.1 Å². The predicted octanol–water partition coefficient (Wildman–Crippen LogP) is -0.110. The van der Waals surface area contributed by atoms with Crippen molar-refractivity contribution >= 4 is 11.5 Å². The Morgan fingerprint density at radius 2 is 2.10 bits per heavy atom. The lowest BCUT2D eigenvalue weighted by atomic mass is 10.1. The second kappa shape index (κ2) is 6.34. The van der Waals surface area contributed by atoms with Crippen molar-refractivity contribution in [3.63, 3.8) is 0 Å². The van der Waals surface area contributed by atoms with Gasteiger partial charge in [0.1, 0.15) is 11.5 Å². The first-order chi connectivity index (χ1) is 9.97. The maximum atomic E-state index is 12.4. The molecule has 0 radical (unpaired) electrons. The van der Waals surface area contributed by atoms with Crippen molar-refractivity contribution in [2.45, 2.75) is 45.3 Å². The predicted molar refractivity (Wildman–Crippen MR) is 82.7 cm³/mol. The van der Waals surface area contributed by atoms with Gasteiger partial charge in [0.15, 0.2) is 0 Å². The fourth-order valence-electron chi connectivity index (χ4n) is 2.75. The molecule has 1 aliphatic rings. The van der Waals surface area contributed by atoms with E-state index in [0.29, 0.717) is 25.3 Å². The van der Waals surface area contributed by atoms with Crippen molar-refractivity contribution < 1.29 is 5.11 Å². The van der Waals surface area contributed by atoms with Gasteiger partial charge in [-0.3, -0.25) is 13.9 Å². The zero-order valence-corrected chi connectivity index (χ0v) is 12.7. The molecule has 0 amide bonds. The Balaban J connectivity index is 2.52. The van der Waals surface area contributed by atoms with Crippen LogP contribution < -0.4 is 21.9 Å². The number of unbranched alkanes of at least 4 members (excludes halogenated alkanes) is 1. The van der Waals surface area contributed by atoms with E-state index in [4.69, 9.17) is 5.73 Å². The molecular weight excluding hydrogens is 272 g/mol. The first-order valence-electron chi connectivity index (χ1n) is 7.49. The van der Waals surface area contributed by atoms with Crippen LogP contribution in [-0.4, -0.2) is 33.4 Å². The smallest absolute Gasteiger partial charge is 0.332 e. The van der Waals surface area contributed by atoms with Crippen molar-refractivity contribution in [3.05, 3.63) is 20.8 Å². The van der Waals surface area contributed by atoms with E-state index in [2.05, 4.69) is 0 Å². The molecule has 1 unspecified atom stereocenters. The molecule has 3 N–H and O–H groups in total. The molecule has 1 atom stereocenters. The summed E-state index contributed by atoms with van der Waals surface area (Å²) in [5, 5.41) is 9.80. The fourth-order valence-corrected chi connectivity index (χ4v) is 2.75. The van der Waals surface area contributed by atoms with Gasteiger partial charge in [0.25, 0.3) is 5.56 Å². The number of hydrogen-bond donors (Lipinski definition) is 2. The summed E-state index contributed by atoms with van der Waals surface area (Å²) in [6, 6.07) is 0. The first kappa shape index (κ1) is 15.6. The number of anilines is 2. The monoisotopic (exact) mass is 296 g/mol. The Labute approximate surface area is 123 Å². The molecule has 2 rings (SSSR count). The number of aliphatic hydroxyl groups is 1. The summed E-state index contributed by atoms with van der Waals surface area (Å²) in [4.78, 5) is 26.4. The van der Waals surface area contributed by atoms with Gasteiger partial charge >= 0.3 is 5.69 Å². The van der Waals surface area contributed by atoms with E-state index in [9.17, 15) is 14.7 Å². The first-order valence-corrected chi connectivity index (χ1v) is 7.49. The average molecular weight is 296 g/mol. The molecule has 1 saturated heterocycles. The van der Waals surface area contributed by atoms with E-state index in [1.807, 2.05) is 6.92 Å². The summed E-state index contributed by atoms with van der Waals surface area (Å²) in [6.45, 7) is 3.58. The van der Waals surface area contributed by atoms with E-state index in [1.54, 1.807) is 4.90 Å². The number of aliphatic hydroxyl groups excluding tert-OH is 1. The quantitative estimate of drug-likeness (QED) is 0.808. The van der Waals surface area contributed by atoms with E-state index >= 15 is 0 Å². The van der Waals surface area contributed by atoms with E-state index in [1.165, 1.54) is 11.6 Å². The Bertz CT molecular complexity index is 620. The van der Waals surface area contributed by atoms with Crippen LogP contribution >= 0.6 is 0 Å². The minimum atomic E-state index is -0.459. The molecule has 2 heterocycles. The SMILES string of the molecule is CCCCn1c(N)c(N2CCCC(O)C2)c(=O)n(C)c1=O. The Kier molecular flexibility index (Phi) is 4.72. The zero-order valence-electron chi connectivity index (χ0n) is 12.7. The highest BCUT2D eigenvalue weighted by Gasteiger charge is 2.25. The average Bonchev–Trinajstić information content (AvgIpc) is 2.45. The minimum Gasteiger partial charge on any atom is -0.391 e. The molecule has 1 aromatic heterocycles. The number of piperidine rings is 1. The molecule has 0 bridgehead atoms. The van der Waals surface area contributed by atoms with Crippen LogP contribution in [0.15, 0.2) is 9.59 Å². The minimum absolute atomic E-state index is 0.214. The maximum absolute atomic E-state index is 12.4. The van der Waals surface area contributed by atoms with Gasteiger partial charge in [-0.25, -0.2) is 4.79 Å². The van der Waals surface area contributed by atoms with Crippen LogP contribution in [-0.2, 0) is 13.6 Å². The number of nitrogens with zero attached hydrogens (tertiary/aromatic N) is 3. The second-order valence-corrected chi connectivity index (χ2v) is 5.63. The number of aromatic nitrogens is 2. The third-order valence-corrected chi connectivity index (χ3v) is 4.01. The molecule has 21 heavy (non-hydrogen) atoms. The summed E-state index contributed by atoms with van der Waals surface area (Å²) in [5.74, 6) is 0.214. The normalized spacial score (nSPS) is 19.0. The van der Waals surface area contributed by atoms with Crippen LogP contribution in [0.1, 0.15) is 32.6 Å². The molecule has 118 valence electrons.